The van der Waals surface area contributed by atoms with Crippen molar-refractivity contribution < 1.29 is 28.9 Å². The summed E-state index contributed by atoms with van der Waals surface area (Å²) in [6, 6.07) is 8.99. The molecule has 154 valence electrons. The highest BCUT2D eigenvalue weighted by atomic mass is 32.9. The number of nitrogens with zero attached hydrogens (tertiary/aromatic N) is 1. The number of rotatable bonds is 7. The van der Waals surface area contributed by atoms with E-state index in [1.54, 1.807) is 33.5 Å². The fourth-order valence-corrected chi connectivity index (χ4v) is 5.43. The van der Waals surface area contributed by atoms with E-state index in [1.807, 2.05) is 18.2 Å². The Kier molecular flexibility index (Phi) is 6.50. The van der Waals surface area contributed by atoms with Crippen LogP contribution in [0.2, 0.25) is 0 Å². The second-order valence-electron chi connectivity index (χ2n) is 5.75. The third-order valence-corrected chi connectivity index (χ3v) is 6.56. The molecule has 1 heterocycles. The quantitative estimate of drug-likeness (QED) is 0.439. The van der Waals surface area contributed by atoms with Gasteiger partial charge >= 0.3 is 0 Å². The fraction of sp³-hybridized carbons (Fsp3) is 0.250. The van der Waals surface area contributed by atoms with Gasteiger partial charge in [-0.05, 0) is 41.5 Å². The first-order valence-corrected chi connectivity index (χ1v) is 10.6. The molecule has 0 atom stereocenters. The molecule has 3 aromatic rings. The SMILES string of the molecule is CO/N=c1/ssc(-c2ccc(OC)c(O)c2)c1-c1cc(OC)c(OC)c(OC)c1. The zero-order valence-corrected chi connectivity index (χ0v) is 18.3. The molecular weight excluding hydrogens is 414 g/mol. The first-order valence-electron chi connectivity index (χ1n) is 8.46. The molecule has 0 aliphatic heterocycles. The number of phenolic OH excluding ortho intramolecular Hbond substituents is 1. The van der Waals surface area contributed by atoms with Crippen molar-refractivity contribution in [1.82, 2.24) is 0 Å². The van der Waals surface area contributed by atoms with Gasteiger partial charge < -0.3 is 28.9 Å². The van der Waals surface area contributed by atoms with Crippen LogP contribution in [0.5, 0.6) is 28.7 Å². The Morgan fingerprint density at radius 3 is 1.93 bits per heavy atom. The maximum atomic E-state index is 10.2. The van der Waals surface area contributed by atoms with Gasteiger partial charge in [0.05, 0.1) is 33.3 Å². The predicted octanol–water partition coefficient (Wildman–Crippen LogP) is 4.35. The Hall–Kier alpha value is -2.91. The molecule has 1 N–H and O–H groups in total. The normalized spacial score (nSPS) is 11.3. The van der Waals surface area contributed by atoms with E-state index >= 15 is 0 Å². The first-order chi connectivity index (χ1) is 14.1. The van der Waals surface area contributed by atoms with Crippen molar-refractivity contribution >= 4 is 20.7 Å². The third kappa shape index (κ3) is 3.96. The summed E-state index contributed by atoms with van der Waals surface area (Å²) in [6.45, 7) is 0. The van der Waals surface area contributed by atoms with E-state index in [1.165, 1.54) is 34.9 Å². The van der Waals surface area contributed by atoms with Gasteiger partial charge in [-0.1, -0.05) is 25.8 Å². The zero-order valence-electron chi connectivity index (χ0n) is 16.6. The van der Waals surface area contributed by atoms with Crippen LogP contribution < -0.4 is 23.6 Å². The molecule has 0 radical (unpaired) electrons. The average Bonchev–Trinajstić information content (AvgIpc) is 3.16. The van der Waals surface area contributed by atoms with Crippen LogP contribution in [-0.4, -0.2) is 40.7 Å². The maximum absolute atomic E-state index is 10.2. The Morgan fingerprint density at radius 2 is 1.41 bits per heavy atom. The van der Waals surface area contributed by atoms with Crippen molar-refractivity contribution in [2.75, 3.05) is 35.5 Å². The standard InChI is InChI=1S/C20H21NO6S2/c1-23-14-7-6-11(8-13(14)22)19-17(20(21-27-5)29-28-19)12-9-15(24-2)18(26-4)16(10-12)25-3/h6-10,22H,1-5H3/b21-20+. The summed E-state index contributed by atoms with van der Waals surface area (Å²) in [6.07, 6.45) is 0. The smallest absolute Gasteiger partial charge is 0.203 e. The third-order valence-electron chi connectivity index (χ3n) is 4.21. The minimum absolute atomic E-state index is 0.0597. The van der Waals surface area contributed by atoms with Gasteiger partial charge in [0.25, 0.3) is 0 Å². The van der Waals surface area contributed by atoms with Crippen molar-refractivity contribution in [2.24, 2.45) is 5.16 Å². The Morgan fingerprint density at radius 1 is 0.759 bits per heavy atom. The van der Waals surface area contributed by atoms with E-state index in [9.17, 15) is 5.11 Å². The van der Waals surface area contributed by atoms with Gasteiger partial charge in [-0.2, -0.15) is 0 Å². The molecule has 0 bridgehead atoms. The van der Waals surface area contributed by atoms with Gasteiger partial charge in [-0.25, -0.2) is 0 Å². The Balaban J connectivity index is 2.28. The Labute approximate surface area is 175 Å². The minimum atomic E-state index is 0.0597. The second kappa shape index (κ2) is 9.06. The fourth-order valence-electron chi connectivity index (χ4n) is 2.91. The second-order valence-corrected chi connectivity index (χ2v) is 7.88. The number of phenols is 1. The largest absolute Gasteiger partial charge is 0.504 e. The number of hydrogen-bond donors (Lipinski definition) is 1. The van der Waals surface area contributed by atoms with Gasteiger partial charge in [0.2, 0.25) is 5.75 Å². The average molecular weight is 436 g/mol. The van der Waals surface area contributed by atoms with E-state index < -0.39 is 0 Å². The van der Waals surface area contributed by atoms with Crippen LogP contribution in [-0.2, 0) is 4.84 Å². The van der Waals surface area contributed by atoms with Crippen molar-refractivity contribution in [3.63, 3.8) is 0 Å². The number of benzene rings is 2. The molecule has 29 heavy (non-hydrogen) atoms. The molecule has 1 aromatic heterocycles. The molecule has 3 rings (SSSR count). The molecule has 0 aliphatic carbocycles. The molecular formula is C20H21NO6S2. The van der Waals surface area contributed by atoms with E-state index in [0.717, 1.165) is 21.6 Å². The number of hydrogen-bond acceptors (Lipinski definition) is 9. The van der Waals surface area contributed by atoms with E-state index in [0.29, 0.717) is 27.7 Å². The van der Waals surface area contributed by atoms with Crippen LogP contribution in [0.3, 0.4) is 0 Å². The topological polar surface area (TPSA) is 78.7 Å². The molecule has 0 spiro atoms. The van der Waals surface area contributed by atoms with Crippen LogP contribution >= 0.6 is 20.7 Å². The number of methoxy groups -OCH3 is 4. The lowest BCUT2D eigenvalue weighted by Gasteiger charge is -2.14. The van der Waals surface area contributed by atoms with Gasteiger partial charge in [0.15, 0.2) is 27.7 Å². The summed E-state index contributed by atoms with van der Waals surface area (Å²) < 4.78 is 22.3. The zero-order chi connectivity index (χ0) is 21.0. The highest BCUT2D eigenvalue weighted by molar-refractivity contribution is 7.70. The van der Waals surface area contributed by atoms with E-state index in [4.69, 9.17) is 23.8 Å². The van der Waals surface area contributed by atoms with E-state index in [2.05, 4.69) is 5.16 Å². The highest BCUT2D eigenvalue weighted by Crippen LogP contribution is 2.45. The molecule has 0 amide bonds. The summed E-state index contributed by atoms with van der Waals surface area (Å²) in [5.41, 5.74) is 2.48. The van der Waals surface area contributed by atoms with Crippen LogP contribution in [0, 0.1) is 0 Å². The lowest BCUT2D eigenvalue weighted by molar-refractivity contribution is 0.202. The monoisotopic (exact) mass is 435 g/mol. The minimum Gasteiger partial charge on any atom is -0.504 e. The molecule has 0 aliphatic rings. The molecule has 2 aromatic carbocycles. The summed E-state index contributed by atoms with van der Waals surface area (Å²) in [5.74, 6) is 2.04. The molecule has 0 unspecified atom stereocenters. The van der Waals surface area contributed by atoms with Crippen LogP contribution in [0.15, 0.2) is 35.5 Å². The molecule has 7 nitrogen and oxygen atoms in total. The Bertz CT molecular complexity index is 1050. The molecule has 9 heteroatoms. The van der Waals surface area contributed by atoms with Crippen molar-refractivity contribution in [3.05, 3.63) is 35.0 Å². The van der Waals surface area contributed by atoms with Gasteiger partial charge in [0, 0.05) is 5.56 Å². The van der Waals surface area contributed by atoms with Crippen LogP contribution in [0.1, 0.15) is 0 Å². The maximum Gasteiger partial charge on any atom is 0.203 e. The molecule has 0 saturated heterocycles. The van der Waals surface area contributed by atoms with Crippen LogP contribution in [0.25, 0.3) is 21.6 Å². The van der Waals surface area contributed by atoms with Crippen molar-refractivity contribution in [1.29, 1.82) is 0 Å². The summed E-state index contributed by atoms with van der Waals surface area (Å²) in [4.78, 5) is 5.96. The number of ether oxygens (including phenoxy) is 4. The number of aromatic hydroxyl groups is 1. The van der Waals surface area contributed by atoms with Crippen molar-refractivity contribution in [2.45, 2.75) is 0 Å². The van der Waals surface area contributed by atoms with Gasteiger partial charge in [0.1, 0.15) is 7.11 Å². The summed E-state index contributed by atoms with van der Waals surface area (Å²) >= 11 is 0. The van der Waals surface area contributed by atoms with Gasteiger partial charge in [-0.15, -0.1) is 0 Å². The molecule has 0 fully saturated rings. The summed E-state index contributed by atoms with van der Waals surface area (Å²) in [7, 11) is 10.7. The lowest BCUT2D eigenvalue weighted by atomic mass is 10.0. The molecule has 0 saturated carbocycles. The van der Waals surface area contributed by atoms with Crippen LogP contribution in [0.4, 0.5) is 0 Å². The van der Waals surface area contributed by atoms with Crippen molar-refractivity contribution in [3.8, 4) is 50.3 Å². The van der Waals surface area contributed by atoms with Gasteiger partial charge in [-0.3, -0.25) is 0 Å². The summed E-state index contributed by atoms with van der Waals surface area (Å²) in [5, 5.41) is 14.4. The van der Waals surface area contributed by atoms with E-state index in [-0.39, 0.29) is 5.75 Å². The first kappa shape index (κ1) is 20.8. The highest BCUT2D eigenvalue weighted by Gasteiger charge is 2.20. The predicted molar refractivity (Wildman–Crippen MR) is 114 cm³/mol. The lowest BCUT2D eigenvalue weighted by Crippen LogP contribution is -2.02.